The summed E-state index contributed by atoms with van der Waals surface area (Å²) < 4.78 is 198. The van der Waals surface area contributed by atoms with Gasteiger partial charge in [0.05, 0.1) is 0 Å². The summed E-state index contributed by atoms with van der Waals surface area (Å²) in [7, 11) is 0. The van der Waals surface area contributed by atoms with E-state index in [9.17, 15) is 94.3 Å². The largest absolute Gasteiger partial charge is 3.00 e. The van der Waals surface area contributed by atoms with Gasteiger partial charge in [0, 0.05) is 0 Å². The molecule has 0 rings (SSSR count). The van der Waals surface area contributed by atoms with Crippen LogP contribution in [0, 0.1) is 36.9 Å². The Balaban J connectivity index is -0.000000174. The first kappa shape index (κ1) is 38.1. The molecule has 3 atom stereocenters. The van der Waals surface area contributed by atoms with Gasteiger partial charge in [-0.15, -0.1) is 0 Å². The molecule has 0 radical (unpaired) electrons. The second kappa shape index (κ2) is 12.4. The molecule has 0 N–H and O–H groups in total. The molecule has 0 aliphatic heterocycles. The molecule has 3 unspecified atom stereocenters. The van der Waals surface area contributed by atoms with Crippen LogP contribution in [0.5, 0.6) is 0 Å². The van der Waals surface area contributed by atoms with E-state index in [1.807, 2.05) is 0 Å². The van der Waals surface area contributed by atoms with Crippen molar-refractivity contribution in [2.24, 2.45) is 0 Å². The molecule has 3 nitrogen and oxygen atoms in total. The smallest absolute Gasteiger partial charge is 0.813 e. The second-order valence-electron chi connectivity index (χ2n) is 4.33. The fraction of sp³-hybridized carbons (Fsp3) is 1.00. The first-order chi connectivity index (χ1) is 12.6. The van der Waals surface area contributed by atoms with E-state index in [1.54, 1.807) is 0 Å². The zero-order valence-electron chi connectivity index (χ0n) is 13.0. The van der Waals surface area contributed by atoms with E-state index < -0.39 is 55.4 Å². The van der Waals surface area contributed by atoms with Crippen molar-refractivity contribution in [1.29, 1.82) is 0 Å². The van der Waals surface area contributed by atoms with Crippen LogP contribution < -0.4 is 15.3 Å². The SMILES string of the molecule is [Lu+3].[O-]C(F)(C(F)F)C(F)(F)F.[O-]C(F)(C(F)F)C(F)(F)F.[O-]C(F)(C(F)F)C(F)(F)F. The van der Waals surface area contributed by atoms with E-state index in [4.69, 9.17) is 0 Å². The fourth-order valence-corrected chi connectivity index (χ4v) is 0.371. The van der Waals surface area contributed by atoms with Crippen LogP contribution in [0.4, 0.5) is 79.0 Å². The number of rotatable bonds is 3. The molecule has 0 fully saturated rings. The average molecular weight is 676 g/mol. The Hall–Kier alpha value is -0.146. The minimum Gasteiger partial charge on any atom is -0.813 e. The molecule has 0 saturated carbocycles. The molecule has 22 heteroatoms. The van der Waals surface area contributed by atoms with Crippen LogP contribution in [0.15, 0.2) is 0 Å². The summed E-state index contributed by atoms with van der Waals surface area (Å²) >= 11 is 0. The van der Waals surface area contributed by atoms with Gasteiger partial charge in [0.25, 0.3) is 19.3 Å². The van der Waals surface area contributed by atoms with Gasteiger partial charge in [-0.25, -0.2) is 39.5 Å². The maximum atomic E-state index is 11.3. The molecule has 0 saturated heterocycles. The van der Waals surface area contributed by atoms with Gasteiger partial charge in [-0.05, 0) is 0 Å². The number of alkyl halides is 18. The van der Waals surface area contributed by atoms with Crippen LogP contribution in [-0.2, 0) is 0 Å². The molecule has 0 spiro atoms. The minimum atomic E-state index is -6.05. The zero-order chi connectivity index (χ0) is 25.7. The van der Waals surface area contributed by atoms with E-state index in [0.717, 1.165) is 0 Å². The Labute approximate surface area is 186 Å². The molecule has 0 aliphatic carbocycles. The molecule has 0 aliphatic rings. The summed E-state index contributed by atoms with van der Waals surface area (Å²) in [6.07, 6.45) is -31.9. The molecule has 0 heterocycles. The second-order valence-corrected chi connectivity index (χ2v) is 4.33. The molecule has 0 bridgehead atoms. The van der Waals surface area contributed by atoms with Crippen molar-refractivity contribution in [2.75, 3.05) is 0 Å². The van der Waals surface area contributed by atoms with Crippen molar-refractivity contribution < 1.29 is 131 Å². The minimum absolute atomic E-state index is 0. The molecule has 198 valence electrons. The molecule has 31 heavy (non-hydrogen) atoms. The van der Waals surface area contributed by atoms with E-state index in [-0.39, 0.29) is 36.9 Å². The molecule has 0 aromatic carbocycles. The Morgan fingerprint density at radius 2 is 0.452 bits per heavy atom. The maximum Gasteiger partial charge on any atom is 3.00 e. The van der Waals surface area contributed by atoms with Crippen molar-refractivity contribution >= 4 is 0 Å². The summed E-state index contributed by atoms with van der Waals surface area (Å²) in [5, 5.41) is 27.8. The topological polar surface area (TPSA) is 69.2 Å². The molecule has 0 aromatic heterocycles. The predicted molar refractivity (Wildman–Crippen MR) is 47.7 cm³/mol. The van der Waals surface area contributed by atoms with Gasteiger partial charge in [0.2, 0.25) is 0 Å². The van der Waals surface area contributed by atoms with E-state index in [0.29, 0.717) is 0 Å². The third-order valence-electron chi connectivity index (χ3n) is 2.00. The third kappa shape index (κ3) is 11.5. The van der Waals surface area contributed by atoms with Gasteiger partial charge in [0.1, 0.15) is 0 Å². The molecular weight excluding hydrogens is 673 g/mol. The Morgan fingerprint density at radius 1 is 0.355 bits per heavy atom. The van der Waals surface area contributed by atoms with Crippen molar-refractivity contribution in [1.82, 2.24) is 0 Å². The summed E-state index contributed by atoms with van der Waals surface area (Å²) in [6, 6.07) is 0. The quantitative estimate of drug-likeness (QED) is 0.432. The number of hydrogen-bond acceptors (Lipinski definition) is 3. The van der Waals surface area contributed by atoms with E-state index >= 15 is 0 Å². The van der Waals surface area contributed by atoms with Crippen LogP contribution in [0.3, 0.4) is 0 Å². The Kier molecular flexibility index (Phi) is 15.2. The van der Waals surface area contributed by atoms with Gasteiger partial charge in [-0.3, -0.25) is 0 Å². The first-order valence-corrected chi connectivity index (χ1v) is 5.81. The Morgan fingerprint density at radius 3 is 0.452 bits per heavy atom. The summed E-state index contributed by atoms with van der Waals surface area (Å²) in [4.78, 5) is 0. The fourth-order valence-electron chi connectivity index (χ4n) is 0.371. The van der Waals surface area contributed by atoms with Gasteiger partial charge < -0.3 is 15.3 Å². The van der Waals surface area contributed by atoms with E-state index in [1.165, 1.54) is 0 Å². The van der Waals surface area contributed by atoms with Gasteiger partial charge >= 0.3 is 55.4 Å². The maximum absolute atomic E-state index is 11.3. The summed E-state index contributed by atoms with van der Waals surface area (Å²) in [6.45, 7) is 0. The van der Waals surface area contributed by atoms with E-state index in [2.05, 4.69) is 0 Å². The van der Waals surface area contributed by atoms with Gasteiger partial charge in [-0.2, -0.15) is 39.5 Å². The van der Waals surface area contributed by atoms with Crippen molar-refractivity contribution in [2.45, 2.75) is 55.4 Å². The number of halogens is 18. The van der Waals surface area contributed by atoms with Crippen LogP contribution in [0.2, 0.25) is 0 Å². The monoisotopic (exact) mass is 676 g/mol. The summed E-state index contributed by atoms with van der Waals surface area (Å²) in [5.74, 6) is -16.9. The normalized spacial score (nSPS) is 18.6. The Bertz CT molecular complexity index is 422. The first-order valence-electron chi connectivity index (χ1n) is 5.81. The zero-order valence-corrected chi connectivity index (χ0v) is 14.7. The standard InChI is InChI=1S/3C3HF6O.Lu/c3*4-1(5)2(6,10)3(7,8)9;/h3*1H;/q3*-1;+3. The van der Waals surface area contributed by atoms with Crippen LogP contribution in [0.25, 0.3) is 0 Å². The predicted octanol–water partition coefficient (Wildman–Crippen LogP) is 2.52. The van der Waals surface area contributed by atoms with Gasteiger partial charge in [-0.1, -0.05) is 0 Å². The third-order valence-corrected chi connectivity index (χ3v) is 2.00. The van der Waals surface area contributed by atoms with Crippen molar-refractivity contribution in [3.63, 3.8) is 0 Å². The van der Waals surface area contributed by atoms with Crippen molar-refractivity contribution in [3.8, 4) is 0 Å². The van der Waals surface area contributed by atoms with Crippen LogP contribution >= 0.6 is 0 Å². The average Bonchev–Trinajstić information content (AvgIpc) is 2.44. The summed E-state index contributed by atoms with van der Waals surface area (Å²) in [5.41, 5.74) is 0. The van der Waals surface area contributed by atoms with Crippen LogP contribution in [0.1, 0.15) is 0 Å². The van der Waals surface area contributed by atoms with Gasteiger partial charge in [0.15, 0.2) is 17.6 Å². The molecular formula is C9H3F18LuO3. The van der Waals surface area contributed by atoms with Crippen LogP contribution in [-0.4, -0.2) is 55.4 Å². The molecule has 0 aromatic rings. The number of hydrogen-bond donors (Lipinski definition) is 0. The molecule has 0 amide bonds. The van der Waals surface area contributed by atoms with Crippen molar-refractivity contribution in [3.05, 3.63) is 0 Å².